The Bertz CT molecular complexity index is 0. The molecule has 0 spiro atoms. The first-order valence-corrected chi connectivity index (χ1v) is 0. The number of hydrogen-bond acceptors (Lipinski definition) is 0. The van der Waals surface area contributed by atoms with Gasteiger partial charge < -0.3 is 0 Å². The monoisotopic (exact) mass is 1830 g/mol. The molecule has 0 fully saturated rings. The van der Waals surface area contributed by atoms with Crippen LogP contribution in [0, 0.1) is 0 Å². The van der Waals surface area contributed by atoms with Crippen LogP contribution in [0.4, 0.5) is 0 Å². The average Bonchev–Trinajstić information content (AvgIpc) is 0. The van der Waals surface area contributed by atoms with Gasteiger partial charge in [-0.3, -0.25) is 0 Å². The SMILES string of the molecule is [K+].[K+].[K+].[K+].[K+].[K+].[K+].[K+].[K+].[K+].[K+].[K+].[K+].[K+].[K+].[K+].[K+].[K+].[K+].[K+].[K+].[K+].[K+].[K+].[K+].[K+].[K+].[K+].[K+].[K+].[K+].[K+].[K+].[K+].[K+].[K+].[K+].[K+].[K+].[K+].[K+].[K+].[K+].[K+].[K+].[K+].[K+]. The second-order valence-corrected chi connectivity index (χ2v) is 0. The van der Waals surface area contributed by atoms with Crippen LogP contribution >= 0.6 is 0 Å². The Labute approximate surface area is 2300 Å². The van der Waals surface area contributed by atoms with E-state index in [0.717, 1.165) is 0 Å². The molecule has 0 unspecified atom stereocenters. The van der Waals surface area contributed by atoms with E-state index < -0.39 is 0 Å². The fourth-order valence-corrected chi connectivity index (χ4v) is 0. The van der Waals surface area contributed by atoms with E-state index in [2.05, 4.69) is 0 Å². The molecule has 47 heteroatoms. The summed E-state index contributed by atoms with van der Waals surface area (Å²) in [6.45, 7) is 0. The van der Waals surface area contributed by atoms with Crippen molar-refractivity contribution in [3.8, 4) is 0 Å². The second kappa shape index (κ2) is 309. The van der Waals surface area contributed by atoms with Gasteiger partial charge in [0.25, 0.3) is 0 Å². The van der Waals surface area contributed by atoms with E-state index in [1.54, 1.807) is 0 Å². The maximum absolute atomic E-state index is 0. The van der Waals surface area contributed by atoms with Crippen molar-refractivity contribution < 1.29 is 2420 Å². The van der Waals surface area contributed by atoms with Crippen LogP contribution in [-0.4, -0.2) is 0 Å². The molecule has 0 saturated carbocycles. The van der Waals surface area contributed by atoms with Crippen LogP contribution in [0.2, 0.25) is 0 Å². The van der Waals surface area contributed by atoms with Crippen LogP contribution in [0.3, 0.4) is 0 Å². The molecule has 0 nitrogen and oxygen atoms in total. The van der Waals surface area contributed by atoms with Gasteiger partial charge in [0.1, 0.15) is 0 Å². The summed E-state index contributed by atoms with van der Waals surface area (Å²) in [5.74, 6) is 0. The molecule has 0 aromatic rings. The van der Waals surface area contributed by atoms with Gasteiger partial charge in [-0.2, -0.15) is 0 Å². The summed E-state index contributed by atoms with van der Waals surface area (Å²) in [4.78, 5) is 0. The average molecular weight is 1840 g/mol. The van der Waals surface area contributed by atoms with Gasteiger partial charge in [0.15, 0.2) is 0 Å². The van der Waals surface area contributed by atoms with E-state index in [1.165, 1.54) is 0 Å². The molecule has 0 N–H and O–H groups in total. The minimum absolute atomic E-state index is 0. The van der Waals surface area contributed by atoms with Crippen molar-refractivity contribution in [2.75, 3.05) is 0 Å². The topological polar surface area (TPSA) is 0 Å². The summed E-state index contributed by atoms with van der Waals surface area (Å²) in [5.41, 5.74) is 0. The van der Waals surface area contributed by atoms with E-state index in [-0.39, 0.29) is 2420 Å². The Hall–Kier alpha value is 76.9. The first-order chi connectivity index (χ1) is 0. The van der Waals surface area contributed by atoms with Crippen LogP contribution in [0.25, 0.3) is 0 Å². The molecule has 0 rings (SSSR count). The molecule has 0 bridgehead atoms. The van der Waals surface area contributed by atoms with E-state index in [9.17, 15) is 0 Å². The third-order valence-corrected chi connectivity index (χ3v) is 0. The maximum Gasteiger partial charge on any atom is 1.00 e. The van der Waals surface area contributed by atoms with E-state index in [0.29, 0.717) is 0 Å². The summed E-state index contributed by atoms with van der Waals surface area (Å²) in [7, 11) is 0. The molecule has 0 aliphatic carbocycles. The molecule has 0 amide bonds. The quantitative estimate of drug-likeness (QED) is 0.212. The minimum Gasteiger partial charge on any atom is 1.00 e. The standard InChI is InChI=1S/47K/q47*+1. The third-order valence-electron chi connectivity index (χ3n) is 0. The first kappa shape index (κ1) is 316. The van der Waals surface area contributed by atoms with Crippen molar-refractivity contribution in [3.63, 3.8) is 0 Å². The normalized spacial score (nSPS) is 0. The van der Waals surface area contributed by atoms with Gasteiger partial charge in [-0.05, 0) is 0 Å². The fraction of sp³-hybridized carbons (Fsp3) is 0. The summed E-state index contributed by atoms with van der Waals surface area (Å²) in [6, 6.07) is 0. The van der Waals surface area contributed by atoms with Crippen molar-refractivity contribution in [1.82, 2.24) is 0 Å². The predicted octanol–water partition coefficient (Wildman–Crippen LogP) is -141. The third kappa shape index (κ3) is 304. The Morgan fingerprint density at radius 3 is 0.0213 bits per heavy atom. The van der Waals surface area contributed by atoms with Crippen molar-refractivity contribution in [3.05, 3.63) is 0 Å². The van der Waals surface area contributed by atoms with Gasteiger partial charge in [-0.15, -0.1) is 0 Å². The molecule has 0 aliphatic heterocycles. The van der Waals surface area contributed by atoms with Crippen LogP contribution in [-0.2, 0) is 0 Å². The zero-order valence-electron chi connectivity index (χ0n) is 47.0. The summed E-state index contributed by atoms with van der Waals surface area (Å²) >= 11 is 0. The molecule has 0 atom stereocenters. The Morgan fingerprint density at radius 2 is 0.0213 bits per heavy atom. The van der Waals surface area contributed by atoms with Crippen LogP contribution < -0.4 is 2420 Å². The van der Waals surface area contributed by atoms with Crippen LogP contribution in [0.1, 0.15) is 0 Å². The summed E-state index contributed by atoms with van der Waals surface area (Å²) < 4.78 is 0. The molecule has 0 aliphatic rings. The van der Waals surface area contributed by atoms with Crippen molar-refractivity contribution in [2.24, 2.45) is 0 Å². The zero-order valence-corrected chi connectivity index (χ0v) is 194. The second-order valence-electron chi connectivity index (χ2n) is 0. The molecule has 0 valence electrons. The van der Waals surface area contributed by atoms with E-state index in [4.69, 9.17) is 0 Å². The molecule has 0 saturated heterocycles. The Morgan fingerprint density at radius 1 is 0.0213 bits per heavy atom. The first-order valence-electron chi connectivity index (χ1n) is 0. The smallest absolute Gasteiger partial charge is 1.00 e. The molecule has 47 heavy (non-hydrogen) atoms. The van der Waals surface area contributed by atoms with Crippen LogP contribution in [0.15, 0.2) is 0 Å². The van der Waals surface area contributed by atoms with Gasteiger partial charge in [-0.25, -0.2) is 0 Å². The van der Waals surface area contributed by atoms with Gasteiger partial charge >= 0.3 is 2420 Å². The predicted molar refractivity (Wildman–Crippen MR) is 0 cm³/mol. The molecule has 0 aromatic carbocycles. The number of hydrogen-bond donors (Lipinski definition) is 0. The molecular formula is K47+47. The summed E-state index contributed by atoms with van der Waals surface area (Å²) in [5, 5.41) is 0. The van der Waals surface area contributed by atoms with Gasteiger partial charge in [0, 0.05) is 0 Å². The molecule has 0 aromatic heterocycles. The van der Waals surface area contributed by atoms with E-state index in [1.807, 2.05) is 0 Å². The van der Waals surface area contributed by atoms with Crippen molar-refractivity contribution in [1.29, 1.82) is 0 Å². The molecule has 0 radical (unpaired) electrons. The minimum atomic E-state index is 0. The largest absolute Gasteiger partial charge is 1.00 e. The molecule has 0 heterocycles. The Kier molecular flexibility index (Phi) is 2080. The van der Waals surface area contributed by atoms with Crippen LogP contribution in [0.5, 0.6) is 0 Å². The van der Waals surface area contributed by atoms with Gasteiger partial charge in [0.05, 0.1) is 0 Å². The van der Waals surface area contributed by atoms with Crippen molar-refractivity contribution in [2.45, 2.75) is 0 Å². The van der Waals surface area contributed by atoms with Gasteiger partial charge in [-0.1, -0.05) is 0 Å². The van der Waals surface area contributed by atoms with Gasteiger partial charge in [0.2, 0.25) is 0 Å². The Balaban J connectivity index is 0. The molecular weight excluding hydrogens is 1840 g/mol. The number of rotatable bonds is 0. The van der Waals surface area contributed by atoms with E-state index >= 15 is 0 Å². The fourth-order valence-electron chi connectivity index (χ4n) is 0. The van der Waals surface area contributed by atoms with Crippen molar-refractivity contribution >= 4 is 0 Å². The maximum atomic E-state index is 0. The zero-order chi connectivity index (χ0) is 0. The summed E-state index contributed by atoms with van der Waals surface area (Å²) in [6.07, 6.45) is 0.